The lowest BCUT2D eigenvalue weighted by molar-refractivity contribution is 0.150. The van der Waals surface area contributed by atoms with Crippen LogP contribution in [0.4, 0.5) is 0 Å². The first-order valence-corrected chi connectivity index (χ1v) is 6.31. The molecule has 0 saturated carbocycles. The molecule has 1 aromatic carbocycles. The van der Waals surface area contributed by atoms with Crippen LogP contribution in [-0.2, 0) is 6.54 Å². The first-order chi connectivity index (χ1) is 8.49. The summed E-state index contributed by atoms with van der Waals surface area (Å²) in [7, 11) is 0. The molecule has 96 valence electrons. The molecule has 4 heteroatoms. The monoisotopic (exact) mass is 264 g/mol. The van der Waals surface area contributed by atoms with Gasteiger partial charge in [-0.3, -0.25) is 4.68 Å². The number of hydrogen-bond donors (Lipinski definition) is 1. The lowest BCUT2D eigenvalue weighted by atomic mass is 10.1. The van der Waals surface area contributed by atoms with Crippen LogP contribution in [0.3, 0.4) is 0 Å². The Morgan fingerprint density at radius 2 is 2.06 bits per heavy atom. The van der Waals surface area contributed by atoms with Crippen LogP contribution < -0.4 is 0 Å². The first kappa shape index (κ1) is 13.1. The molecule has 1 aromatic heterocycles. The molecule has 0 aliphatic heterocycles. The maximum atomic E-state index is 10.2. The van der Waals surface area contributed by atoms with E-state index < -0.39 is 6.10 Å². The number of rotatable bonds is 3. The average Bonchev–Trinajstić information content (AvgIpc) is 2.57. The Kier molecular flexibility index (Phi) is 3.73. The summed E-state index contributed by atoms with van der Waals surface area (Å²) in [5.41, 5.74) is 4.08. The zero-order valence-electron chi connectivity index (χ0n) is 10.8. The van der Waals surface area contributed by atoms with Gasteiger partial charge in [-0.05, 0) is 44.0 Å². The highest BCUT2D eigenvalue weighted by atomic mass is 35.5. The first-order valence-electron chi connectivity index (χ1n) is 5.93. The standard InChI is InChI=1S/C14H17ClN2O/c1-9-10(2)16-17(11(9)3)8-14(18)12-5-4-6-13(15)7-12/h4-7,14,18H,8H2,1-3H3/t14-/m0/s1. The molecule has 0 spiro atoms. The summed E-state index contributed by atoms with van der Waals surface area (Å²) in [6, 6.07) is 7.29. The number of benzene rings is 1. The van der Waals surface area contributed by atoms with Gasteiger partial charge in [0.25, 0.3) is 0 Å². The highest BCUT2D eigenvalue weighted by molar-refractivity contribution is 6.30. The largest absolute Gasteiger partial charge is 0.386 e. The summed E-state index contributed by atoms with van der Waals surface area (Å²) < 4.78 is 1.84. The number of aliphatic hydroxyl groups is 1. The molecule has 3 nitrogen and oxygen atoms in total. The van der Waals surface area contributed by atoms with Crippen molar-refractivity contribution < 1.29 is 5.11 Å². The second-order valence-electron chi connectivity index (χ2n) is 4.55. The van der Waals surface area contributed by atoms with E-state index in [4.69, 9.17) is 11.6 Å². The molecule has 0 unspecified atom stereocenters. The van der Waals surface area contributed by atoms with Crippen molar-refractivity contribution in [2.24, 2.45) is 0 Å². The Hall–Kier alpha value is -1.32. The Balaban J connectivity index is 2.21. The number of aryl methyl sites for hydroxylation is 1. The lowest BCUT2D eigenvalue weighted by Crippen LogP contribution is -2.11. The van der Waals surface area contributed by atoms with Gasteiger partial charge in [0.2, 0.25) is 0 Å². The Labute approximate surface area is 112 Å². The van der Waals surface area contributed by atoms with Gasteiger partial charge in [0, 0.05) is 10.7 Å². The van der Waals surface area contributed by atoms with Crippen LogP contribution in [0.2, 0.25) is 5.02 Å². The van der Waals surface area contributed by atoms with Crippen molar-refractivity contribution in [3.63, 3.8) is 0 Å². The van der Waals surface area contributed by atoms with Gasteiger partial charge in [0.05, 0.1) is 18.3 Å². The van der Waals surface area contributed by atoms with E-state index in [2.05, 4.69) is 5.10 Å². The van der Waals surface area contributed by atoms with Gasteiger partial charge in [0.15, 0.2) is 0 Å². The van der Waals surface area contributed by atoms with Gasteiger partial charge in [-0.2, -0.15) is 5.10 Å². The molecule has 0 aliphatic carbocycles. The minimum Gasteiger partial charge on any atom is -0.386 e. The van der Waals surface area contributed by atoms with E-state index >= 15 is 0 Å². The van der Waals surface area contributed by atoms with Crippen molar-refractivity contribution in [1.29, 1.82) is 0 Å². The van der Waals surface area contributed by atoms with E-state index in [1.165, 1.54) is 5.56 Å². The summed E-state index contributed by atoms with van der Waals surface area (Å²) in [5, 5.41) is 15.3. The third kappa shape index (κ3) is 2.57. The van der Waals surface area contributed by atoms with E-state index in [1.54, 1.807) is 12.1 Å². The second-order valence-corrected chi connectivity index (χ2v) is 4.99. The van der Waals surface area contributed by atoms with Gasteiger partial charge in [-0.25, -0.2) is 0 Å². The minimum atomic E-state index is -0.596. The summed E-state index contributed by atoms with van der Waals surface area (Å²) in [4.78, 5) is 0. The highest BCUT2D eigenvalue weighted by Gasteiger charge is 2.13. The molecule has 0 fully saturated rings. The number of halogens is 1. The van der Waals surface area contributed by atoms with Crippen LogP contribution in [0, 0.1) is 20.8 Å². The van der Waals surface area contributed by atoms with Crippen molar-refractivity contribution in [3.8, 4) is 0 Å². The SMILES string of the molecule is Cc1nn(C[C@H](O)c2cccc(Cl)c2)c(C)c1C. The average molecular weight is 265 g/mol. The van der Waals surface area contributed by atoms with Crippen molar-refractivity contribution >= 4 is 11.6 Å². The van der Waals surface area contributed by atoms with Crippen molar-refractivity contribution in [2.75, 3.05) is 0 Å². The topological polar surface area (TPSA) is 38.0 Å². The molecule has 0 radical (unpaired) electrons. The second kappa shape index (κ2) is 5.12. The molecule has 2 aromatic rings. The Morgan fingerprint density at radius 3 is 2.61 bits per heavy atom. The van der Waals surface area contributed by atoms with Crippen LogP contribution in [0.5, 0.6) is 0 Å². The molecular formula is C14H17ClN2O. The maximum absolute atomic E-state index is 10.2. The summed E-state index contributed by atoms with van der Waals surface area (Å²) in [5.74, 6) is 0. The smallest absolute Gasteiger partial charge is 0.0986 e. The van der Waals surface area contributed by atoms with Crippen LogP contribution in [0.15, 0.2) is 24.3 Å². The number of aromatic nitrogens is 2. The predicted octanol–water partition coefficient (Wildman–Crippen LogP) is 3.20. The number of aliphatic hydroxyl groups excluding tert-OH is 1. The third-order valence-corrected chi connectivity index (χ3v) is 3.56. The van der Waals surface area contributed by atoms with E-state index in [-0.39, 0.29) is 0 Å². The fraction of sp³-hybridized carbons (Fsp3) is 0.357. The van der Waals surface area contributed by atoms with Crippen LogP contribution in [0.25, 0.3) is 0 Å². The zero-order valence-corrected chi connectivity index (χ0v) is 11.6. The van der Waals surface area contributed by atoms with Crippen molar-refractivity contribution in [1.82, 2.24) is 9.78 Å². The molecule has 18 heavy (non-hydrogen) atoms. The summed E-state index contributed by atoms with van der Waals surface area (Å²) in [6.45, 7) is 6.48. The molecule has 0 saturated heterocycles. The van der Waals surface area contributed by atoms with Crippen LogP contribution in [0.1, 0.15) is 28.6 Å². The predicted molar refractivity (Wildman–Crippen MR) is 72.8 cm³/mol. The highest BCUT2D eigenvalue weighted by Crippen LogP contribution is 2.20. The van der Waals surface area contributed by atoms with Gasteiger partial charge in [0.1, 0.15) is 0 Å². The van der Waals surface area contributed by atoms with Crippen LogP contribution >= 0.6 is 11.6 Å². The molecular weight excluding hydrogens is 248 g/mol. The minimum absolute atomic E-state index is 0.445. The zero-order chi connectivity index (χ0) is 13.3. The fourth-order valence-corrected chi connectivity index (χ4v) is 2.15. The molecule has 0 amide bonds. The molecule has 0 bridgehead atoms. The molecule has 1 heterocycles. The Morgan fingerprint density at radius 1 is 1.33 bits per heavy atom. The van der Waals surface area contributed by atoms with Crippen molar-refractivity contribution in [2.45, 2.75) is 33.4 Å². The molecule has 1 atom stereocenters. The quantitative estimate of drug-likeness (QED) is 0.925. The fourth-order valence-electron chi connectivity index (χ4n) is 1.95. The van der Waals surface area contributed by atoms with Gasteiger partial charge in [-0.1, -0.05) is 23.7 Å². The van der Waals surface area contributed by atoms with E-state index in [1.807, 2.05) is 37.6 Å². The maximum Gasteiger partial charge on any atom is 0.0986 e. The number of nitrogens with zero attached hydrogens (tertiary/aromatic N) is 2. The molecule has 0 aliphatic rings. The van der Waals surface area contributed by atoms with Gasteiger partial charge in [-0.15, -0.1) is 0 Å². The third-order valence-electron chi connectivity index (χ3n) is 3.32. The number of hydrogen-bond acceptors (Lipinski definition) is 2. The van der Waals surface area contributed by atoms with E-state index in [9.17, 15) is 5.11 Å². The summed E-state index contributed by atoms with van der Waals surface area (Å²) in [6.07, 6.45) is -0.596. The van der Waals surface area contributed by atoms with Crippen LogP contribution in [-0.4, -0.2) is 14.9 Å². The van der Waals surface area contributed by atoms with E-state index in [0.717, 1.165) is 17.0 Å². The normalized spacial score (nSPS) is 12.7. The summed E-state index contributed by atoms with van der Waals surface area (Å²) >= 11 is 5.92. The van der Waals surface area contributed by atoms with Gasteiger partial charge >= 0.3 is 0 Å². The lowest BCUT2D eigenvalue weighted by Gasteiger charge is -2.13. The Bertz CT molecular complexity index is 563. The van der Waals surface area contributed by atoms with Gasteiger partial charge < -0.3 is 5.11 Å². The van der Waals surface area contributed by atoms with E-state index in [0.29, 0.717) is 11.6 Å². The molecule has 1 N–H and O–H groups in total. The van der Waals surface area contributed by atoms with Crippen molar-refractivity contribution in [3.05, 3.63) is 51.8 Å². The molecule has 2 rings (SSSR count).